The van der Waals surface area contributed by atoms with Crippen LogP contribution in [0.1, 0.15) is 0 Å². The van der Waals surface area contributed by atoms with Crippen LogP contribution in [0.15, 0.2) is 28.9 Å². The minimum atomic E-state index is -1.51. The van der Waals surface area contributed by atoms with Crippen molar-refractivity contribution in [2.75, 3.05) is 0 Å². The van der Waals surface area contributed by atoms with Gasteiger partial charge in [-0.25, -0.2) is 4.98 Å². The van der Waals surface area contributed by atoms with Gasteiger partial charge in [-0.3, -0.25) is 0 Å². The van der Waals surface area contributed by atoms with Gasteiger partial charge in [-0.1, -0.05) is 33.6 Å². The van der Waals surface area contributed by atoms with Crippen molar-refractivity contribution in [1.29, 1.82) is 0 Å². The van der Waals surface area contributed by atoms with Crippen molar-refractivity contribution in [2.24, 2.45) is 0 Å². The molecule has 6 heteroatoms. The number of aromatic nitrogens is 1. The molecule has 0 atom stereocenters. The highest BCUT2D eigenvalue weighted by Gasteiger charge is 2.16. The van der Waals surface area contributed by atoms with E-state index in [1.54, 1.807) is 24.4 Å². The van der Waals surface area contributed by atoms with E-state index in [-0.39, 0.29) is 0 Å². The molecule has 1 heterocycles. The third kappa shape index (κ3) is 2.01. The molecule has 76 valence electrons. The normalized spacial score (nSPS) is 10.7. The quantitative estimate of drug-likeness (QED) is 0.614. The first-order chi connectivity index (χ1) is 7.09. The first kappa shape index (κ1) is 10.9. The maximum atomic E-state index is 9.18. The summed E-state index contributed by atoms with van der Waals surface area (Å²) in [5.41, 5.74) is 0.414. The molecule has 1 aromatic carbocycles. The van der Waals surface area contributed by atoms with Crippen LogP contribution in [0.3, 0.4) is 0 Å². The summed E-state index contributed by atoms with van der Waals surface area (Å²) in [7, 11) is -1.51. The highest BCUT2D eigenvalue weighted by Crippen LogP contribution is 2.23. The van der Waals surface area contributed by atoms with Crippen LogP contribution in [-0.2, 0) is 0 Å². The average molecular weight is 286 g/mol. The first-order valence-corrected chi connectivity index (χ1v) is 5.36. The molecule has 0 saturated carbocycles. The van der Waals surface area contributed by atoms with Crippen LogP contribution >= 0.6 is 27.5 Å². The van der Waals surface area contributed by atoms with Crippen molar-refractivity contribution in [2.45, 2.75) is 0 Å². The van der Waals surface area contributed by atoms with Gasteiger partial charge in [0.2, 0.25) is 0 Å². The van der Waals surface area contributed by atoms with Crippen molar-refractivity contribution in [3.05, 3.63) is 34.0 Å². The molecule has 0 aliphatic heterocycles. The van der Waals surface area contributed by atoms with Gasteiger partial charge in [-0.15, -0.1) is 0 Å². The molecule has 0 radical (unpaired) electrons. The third-order valence-corrected chi connectivity index (χ3v) is 3.02. The van der Waals surface area contributed by atoms with E-state index in [1.165, 1.54) is 0 Å². The van der Waals surface area contributed by atoms with Crippen LogP contribution in [0.2, 0.25) is 5.15 Å². The Morgan fingerprint density at radius 1 is 1.27 bits per heavy atom. The van der Waals surface area contributed by atoms with Crippen LogP contribution in [0, 0.1) is 0 Å². The SMILES string of the molecule is OB(O)c1ccc(Br)c2cnc(Cl)cc12. The molecule has 0 saturated heterocycles. The fourth-order valence-corrected chi connectivity index (χ4v) is 2.03. The van der Waals surface area contributed by atoms with Crippen molar-refractivity contribution in [3.8, 4) is 0 Å². The number of fused-ring (bicyclic) bond motifs is 1. The predicted octanol–water partition coefficient (Wildman–Crippen LogP) is 1.33. The molecule has 3 nitrogen and oxygen atoms in total. The summed E-state index contributed by atoms with van der Waals surface area (Å²) in [6, 6.07) is 4.98. The Labute approximate surface area is 100.0 Å². The standard InChI is InChI=1S/C9H6BBrClNO2/c11-8-2-1-7(10(14)15)5-3-9(12)13-4-6(5)8/h1-4,14-15H. The second kappa shape index (κ2) is 4.10. The lowest BCUT2D eigenvalue weighted by molar-refractivity contribution is 0.426. The Hall–Kier alpha value is -0.615. The molecule has 2 N–H and O–H groups in total. The Bertz CT molecular complexity index is 521. The van der Waals surface area contributed by atoms with Crippen molar-refractivity contribution in [3.63, 3.8) is 0 Å². The lowest BCUT2D eigenvalue weighted by atomic mass is 9.77. The van der Waals surface area contributed by atoms with Gasteiger partial charge >= 0.3 is 7.12 Å². The van der Waals surface area contributed by atoms with Crippen LogP contribution in [0.5, 0.6) is 0 Å². The molecule has 0 bridgehead atoms. The summed E-state index contributed by atoms with van der Waals surface area (Å²) in [4.78, 5) is 3.94. The number of nitrogens with zero attached hydrogens (tertiary/aromatic N) is 1. The minimum Gasteiger partial charge on any atom is -0.423 e. The van der Waals surface area contributed by atoms with Gasteiger partial charge < -0.3 is 10.0 Å². The fourth-order valence-electron chi connectivity index (χ4n) is 1.43. The third-order valence-electron chi connectivity index (χ3n) is 2.13. The van der Waals surface area contributed by atoms with E-state index < -0.39 is 7.12 Å². The van der Waals surface area contributed by atoms with Crippen molar-refractivity contribution in [1.82, 2.24) is 4.98 Å². The predicted molar refractivity (Wildman–Crippen MR) is 64.3 cm³/mol. The summed E-state index contributed by atoms with van der Waals surface area (Å²) in [5.74, 6) is 0. The second-order valence-electron chi connectivity index (χ2n) is 3.06. The molecular formula is C9H6BBrClNO2. The molecule has 0 fully saturated rings. The highest BCUT2D eigenvalue weighted by molar-refractivity contribution is 9.10. The Kier molecular flexibility index (Phi) is 2.97. The zero-order valence-corrected chi connectivity index (χ0v) is 9.83. The largest absolute Gasteiger partial charge is 0.489 e. The lowest BCUT2D eigenvalue weighted by Crippen LogP contribution is -2.30. The van der Waals surface area contributed by atoms with Crippen molar-refractivity contribution >= 4 is 50.9 Å². The molecule has 0 amide bonds. The van der Waals surface area contributed by atoms with E-state index in [4.69, 9.17) is 11.6 Å². The Morgan fingerprint density at radius 2 is 2.00 bits per heavy atom. The van der Waals surface area contributed by atoms with E-state index in [2.05, 4.69) is 20.9 Å². The molecule has 0 unspecified atom stereocenters. The lowest BCUT2D eigenvalue weighted by Gasteiger charge is -2.07. The molecule has 15 heavy (non-hydrogen) atoms. The molecule has 0 spiro atoms. The smallest absolute Gasteiger partial charge is 0.423 e. The number of benzene rings is 1. The van der Waals surface area contributed by atoms with Crippen LogP contribution in [-0.4, -0.2) is 22.2 Å². The van der Waals surface area contributed by atoms with Crippen molar-refractivity contribution < 1.29 is 10.0 Å². The number of hydrogen-bond donors (Lipinski definition) is 2. The van der Waals surface area contributed by atoms with Crippen LogP contribution in [0.4, 0.5) is 0 Å². The maximum absolute atomic E-state index is 9.18. The van der Waals surface area contributed by atoms with Gasteiger partial charge in [-0.05, 0) is 23.0 Å². The Balaban J connectivity index is 2.84. The summed E-state index contributed by atoms with van der Waals surface area (Å²) in [6.07, 6.45) is 1.59. The zero-order chi connectivity index (χ0) is 11.0. The minimum absolute atomic E-state index is 0.322. The van der Waals surface area contributed by atoms with Crippen LogP contribution in [0.25, 0.3) is 10.8 Å². The highest BCUT2D eigenvalue weighted by atomic mass is 79.9. The summed E-state index contributed by atoms with van der Waals surface area (Å²) in [6.45, 7) is 0. The van der Waals surface area contributed by atoms with E-state index in [0.717, 1.165) is 9.86 Å². The fraction of sp³-hybridized carbons (Fsp3) is 0. The van der Waals surface area contributed by atoms with E-state index in [0.29, 0.717) is 16.0 Å². The molecule has 2 aromatic rings. The topological polar surface area (TPSA) is 53.4 Å². The van der Waals surface area contributed by atoms with Gasteiger partial charge in [0.25, 0.3) is 0 Å². The molecule has 1 aromatic heterocycles. The Morgan fingerprint density at radius 3 is 2.67 bits per heavy atom. The van der Waals surface area contributed by atoms with E-state index in [1.807, 2.05) is 0 Å². The number of rotatable bonds is 1. The maximum Gasteiger partial charge on any atom is 0.489 e. The van der Waals surface area contributed by atoms with Gasteiger partial charge in [0.15, 0.2) is 0 Å². The average Bonchev–Trinajstić information content (AvgIpc) is 2.17. The number of halogens is 2. The van der Waals surface area contributed by atoms with Gasteiger partial charge in [0.05, 0.1) is 0 Å². The molecular weight excluding hydrogens is 280 g/mol. The van der Waals surface area contributed by atoms with E-state index in [9.17, 15) is 10.0 Å². The zero-order valence-electron chi connectivity index (χ0n) is 7.48. The van der Waals surface area contributed by atoms with Crippen LogP contribution < -0.4 is 5.46 Å². The second-order valence-corrected chi connectivity index (χ2v) is 4.30. The summed E-state index contributed by atoms with van der Waals surface area (Å²) < 4.78 is 0.839. The van der Waals surface area contributed by atoms with E-state index >= 15 is 0 Å². The first-order valence-electron chi connectivity index (χ1n) is 4.19. The van der Waals surface area contributed by atoms with Gasteiger partial charge in [-0.2, -0.15) is 0 Å². The summed E-state index contributed by atoms with van der Waals surface area (Å²) in [5, 5.41) is 20.2. The molecule has 2 rings (SSSR count). The van der Waals surface area contributed by atoms with Gasteiger partial charge in [0, 0.05) is 16.1 Å². The summed E-state index contributed by atoms with van der Waals surface area (Å²) >= 11 is 9.12. The monoisotopic (exact) mass is 285 g/mol. The number of hydrogen-bond acceptors (Lipinski definition) is 3. The van der Waals surface area contributed by atoms with Gasteiger partial charge in [0.1, 0.15) is 5.15 Å². The molecule has 0 aliphatic carbocycles. The molecule has 0 aliphatic rings. The number of pyridine rings is 1.